The molecule has 0 atom stereocenters. The maximum absolute atomic E-state index is 3.35. The molecule has 64 valence electrons. The van der Waals surface area contributed by atoms with Crippen LogP contribution in [0.15, 0.2) is 0 Å². The Kier molecular flexibility index (Phi) is 6.54. The Labute approximate surface area is 91.7 Å². The van der Waals surface area contributed by atoms with Crippen molar-refractivity contribution < 1.29 is 18.9 Å². The predicted molar refractivity (Wildman–Crippen MR) is 58.8 cm³/mol. The zero-order valence-electron chi connectivity index (χ0n) is 9.58. The molecule has 0 N–H and O–H groups in total. The monoisotopic (exact) mass is 190 g/mol. The molecule has 0 spiro atoms. The van der Waals surface area contributed by atoms with Gasteiger partial charge in [-0.15, -0.1) is 0 Å². The van der Waals surface area contributed by atoms with E-state index in [1.54, 1.807) is 0 Å². The molecule has 0 rings (SSSR count). The second kappa shape index (κ2) is 5.25. The maximum atomic E-state index is 3.35. The molecule has 0 nitrogen and oxygen atoms in total. The van der Waals surface area contributed by atoms with Crippen LogP contribution < -0.4 is 18.9 Å². The van der Waals surface area contributed by atoms with Crippen LogP contribution in [0.1, 0.15) is 0 Å². The first-order valence-corrected chi connectivity index (χ1v) is 11.2. The summed E-state index contributed by atoms with van der Waals surface area (Å²) in [6.45, 7) is 13.8. The molecule has 0 unspecified atom stereocenters. The molecule has 0 aromatic carbocycles. The third kappa shape index (κ3) is 13.1. The van der Waals surface area contributed by atoms with Crippen LogP contribution in [0.2, 0.25) is 39.3 Å². The fraction of sp³-hybridized carbons (Fsp3) is 0.667. The van der Waals surface area contributed by atoms with Crippen molar-refractivity contribution in [2.75, 3.05) is 0 Å². The Hall–Kier alpha value is 0.461. The molecule has 0 bridgehead atoms. The van der Waals surface area contributed by atoms with Gasteiger partial charge in [-0.3, -0.25) is 5.92 Å². The van der Waals surface area contributed by atoms with E-state index in [2.05, 4.69) is 56.8 Å². The van der Waals surface area contributed by atoms with Gasteiger partial charge in [0, 0.05) is 8.07 Å². The Balaban J connectivity index is 0. The number of rotatable bonds is 1. The zero-order valence-corrected chi connectivity index (χ0v) is 11.6. The fourth-order valence-corrected chi connectivity index (χ4v) is 1.62. The Morgan fingerprint density at radius 1 is 0.917 bits per heavy atom. The van der Waals surface area contributed by atoms with E-state index in [1.807, 2.05) is 0 Å². The van der Waals surface area contributed by atoms with E-state index in [1.165, 1.54) is 0 Å². The molecule has 0 aliphatic carbocycles. The van der Waals surface area contributed by atoms with Gasteiger partial charge in [0.2, 0.25) is 0 Å². The summed E-state index contributed by atoms with van der Waals surface area (Å²) in [5.74, 6) is 3.21. The van der Waals surface area contributed by atoms with Crippen molar-refractivity contribution >= 4 is 16.1 Å². The zero-order chi connectivity index (χ0) is 9.12. The molecule has 0 saturated heterocycles. The molecule has 0 radical (unpaired) electrons. The van der Waals surface area contributed by atoms with Crippen LogP contribution in [0.5, 0.6) is 0 Å². The van der Waals surface area contributed by atoms with Crippen molar-refractivity contribution in [3.8, 4) is 11.5 Å². The van der Waals surface area contributed by atoms with E-state index in [9.17, 15) is 0 Å². The third-order valence-corrected chi connectivity index (χ3v) is 2.86. The summed E-state index contributed by atoms with van der Waals surface area (Å²) in [5, 5.41) is 0. The molecular weight excluding hydrogens is 171 g/mol. The van der Waals surface area contributed by atoms with Gasteiger partial charge in [0.05, 0.1) is 0 Å². The first-order chi connectivity index (χ1) is 4.71. The average Bonchev–Trinajstić information content (AvgIpc) is 1.55. The van der Waals surface area contributed by atoms with Crippen molar-refractivity contribution in [1.29, 1.82) is 0 Å². The van der Waals surface area contributed by atoms with Crippen molar-refractivity contribution in [2.24, 2.45) is 0 Å². The van der Waals surface area contributed by atoms with Gasteiger partial charge < -0.3 is 5.54 Å². The van der Waals surface area contributed by atoms with Gasteiger partial charge in [-0.05, 0) is 8.07 Å². The van der Waals surface area contributed by atoms with Crippen LogP contribution in [-0.4, -0.2) is 16.1 Å². The smallest absolute Gasteiger partial charge is 0.333 e. The number of hydrogen-bond acceptors (Lipinski definition) is 0. The summed E-state index contributed by atoms with van der Waals surface area (Å²) in [6, 6.07) is 2.23. The first kappa shape index (κ1) is 15.0. The van der Waals surface area contributed by atoms with Crippen LogP contribution in [-0.2, 0) is 0 Å². The third-order valence-electron chi connectivity index (χ3n) is 0.952. The topological polar surface area (TPSA) is 0 Å². The molecule has 0 aliphatic heterocycles. The van der Waals surface area contributed by atoms with Gasteiger partial charge >= 0.3 is 18.9 Å². The molecule has 0 amide bonds. The molecular formula is C9H19LiSi2. The summed E-state index contributed by atoms with van der Waals surface area (Å²) in [6.07, 6.45) is 0. The molecule has 0 aromatic heterocycles. The Morgan fingerprint density at radius 2 is 1.33 bits per heavy atom. The van der Waals surface area contributed by atoms with E-state index in [0.29, 0.717) is 0 Å². The molecule has 0 heterocycles. The normalized spacial score (nSPS) is 10.8. The molecule has 0 aliphatic rings. The van der Waals surface area contributed by atoms with Crippen LogP contribution in [0.3, 0.4) is 0 Å². The van der Waals surface area contributed by atoms with Crippen LogP contribution in [0, 0.1) is 17.5 Å². The van der Waals surface area contributed by atoms with Crippen LogP contribution in [0.4, 0.5) is 0 Å². The van der Waals surface area contributed by atoms with E-state index in [0.717, 1.165) is 0 Å². The maximum Gasteiger partial charge on any atom is 1.00 e. The number of hydrogen-bond donors (Lipinski definition) is 0. The molecule has 0 fully saturated rings. The molecule has 3 heteroatoms. The summed E-state index contributed by atoms with van der Waals surface area (Å²) < 4.78 is 0. The van der Waals surface area contributed by atoms with E-state index >= 15 is 0 Å². The van der Waals surface area contributed by atoms with Gasteiger partial charge in [-0.1, -0.05) is 39.3 Å². The van der Waals surface area contributed by atoms with E-state index in [4.69, 9.17) is 0 Å². The van der Waals surface area contributed by atoms with Gasteiger partial charge in [-0.25, -0.2) is 0 Å². The van der Waals surface area contributed by atoms with Crippen molar-refractivity contribution in [2.45, 2.75) is 39.3 Å². The summed E-state index contributed by atoms with van der Waals surface area (Å²) in [4.78, 5) is 0. The van der Waals surface area contributed by atoms with Crippen molar-refractivity contribution in [1.82, 2.24) is 0 Å². The molecule has 12 heavy (non-hydrogen) atoms. The average molecular weight is 190 g/mol. The van der Waals surface area contributed by atoms with Gasteiger partial charge in [-0.2, -0.15) is 6.04 Å². The second-order valence-corrected chi connectivity index (χ2v) is 14.8. The van der Waals surface area contributed by atoms with Crippen molar-refractivity contribution in [3.05, 3.63) is 6.04 Å². The summed E-state index contributed by atoms with van der Waals surface area (Å²) in [7, 11) is -2.16. The Bertz CT molecular complexity index is 175. The standard InChI is InChI=1S/C9H19Si2.Li/c1-10(2,3)8-7-9-11(4,5)6;/h8H,1-6H3;/q-1;+1. The van der Waals surface area contributed by atoms with E-state index in [-0.39, 0.29) is 18.9 Å². The minimum absolute atomic E-state index is 0. The van der Waals surface area contributed by atoms with Crippen molar-refractivity contribution in [3.63, 3.8) is 0 Å². The Morgan fingerprint density at radius 3 is 1.58 bits per heavy atom. The van der Waals surface area contributed by atoms with Crippen LogP contribution >= 0.6 is 0 Å². The fourth-order valence-electron chi connectivity index (χ4n) is 0.469. The first-order valence-electron chi connectivity index (χ1n) is 4.08. The van der Waals surface area contributed by atoms with Gasteiger partial charge in [0.25, 0.3) is 0 Å². The minimum atomic E-state index is -1.13. The summed E-state index contributed by atoms with van der Waals surface area (Å²) in [5.41, 5.74) is 3.35. The van der Waals surface area contributed by atoms with E-state index < -0.39 is 16.1 Å². The minimum Gasteiger partial charge on any atom is -0.333 e. The SMILES string of the molecule is C[Si](C)(C)C#C[CH-][Si](C)(C)C.[Li+]. The molecule has 0 aromatic rings. The second-order valence-electron chi connectivity index (χ2n) is 5.03. The van der Waals surface area contributed by atoms with Gasteiger partial charge in [0.1, 0.15) is 0 Å². The summed E-state index contributed by atoms with van der Waals surface area (Å²) >= 11 is 0. The predicted octanol–water partition coefficient (Wildman–Crippen LogP) is -0.0471. The molecule has 0 saturated carbocycles. The van der Waals surface area contributed by atoms with Gasteiger partial charge in [0.15, 0.2) is 0 Å². The quantitative estimate of drug-likeness (QED) is 0.309. The largest absolute Gasteiger partial charge is 1.00 e. The van der Waals surface area contributed by atoms with Crippen LogP contribution in [0.25, 0.3) is 0 Å².